The van der Waals surface area contributed by atoms with Gasteiger partial charge in [-0.15, -0.1) is 0 Å². The summed E-state index contributed by atoms with van der Waals surface area (Å²) in [5.74, 6) is -1.40. The lowest BCUT2D eigenvalue weighted by Gasteiger charge is -2.20. The molecule has 1 unspecified atom stereocenters. The number of carboxylic acids is 1. The molecule has 0 aromatic heterocycles. The van der Waals surface area contributed by atoms with Gasteiger partial charge in [0.2, 0.25) is 0 Å². The fourth-order valence-electron chi connectivity index (χ4n) is 1.12. The third-order valence-corrected chi connectivity index (χ3v) is 2.09. The van der Waals surface area contributed by atoms with Crippen LogP contribution in [0.5, 0.6) is 0 Å². The molecule has 0 rings (SSSR count). The Morgan fingerprint density at radius 3 is 2.27 bits per heavy atom. The Labute approximate surface area is 90.6 Å². The first-order valence-electron chi connectivity index (χ1n) is 5.00. The normalized spacial score (nSPS) is 13.3. The summed E-state index contributed by atoms with van der Waals surface area (Å²) in [5.41, 5.74) is 10.4. The van der Waals surface area contributed by atoms with E-state index in [9.17, 15) is 4.79 Å². The van der Waals surface area contributed by atoms with Crippen LogP contribution in [-0.4, -0.2) is 23.6 Å². The fraction of sp³-hybridized carbons (Fsp3) is 0.800. The molecule has 5 heteroatoms. The van der Waals surface area contributed by atoms with Crippen molar-refractivity contribution in [2.45, 2.75) is 33.6 Å². The third kappa shape index (κ3) is 7.78. The molecule has 15 heavy (non-hydrogen) atoms. The Morgan fingerprint density at radius 1 is 1.40 bits per heavy atom. The maximum Gasteiger partial charge on any atom is 0.308 e. The van der Waals surface area contributed by atoms with Gasteiger partial charge in [0.1, 0.15) is 0 Å². The van der Waals surface area contributed by atoms with Crippen LogP contribution in [0.25, 0.3) is 0 Å². The molecule has 0 heterocycles. The number of rotatable bonds is 5. The van der Waals surface area contributed by atoms with Crippen LogP contribution in [0.2, 0.25) is 0 Å². The second kappa shape index (κ2) is 5.58. The van der Waals surface area contributed by atoms with Gasteiger partial charge >= 0.3 is 5.97 Å². The molecule has 0 aliphatic heterocycles. The summed E-state index contributed by atoms with van der Waals surface area (Å²) < 4.78 is 0. The highest BCUT2D eigenvalue weighted by atomic mass is 16.4. The average Bonchev–Trinajstić information content (AvgIpc) is 2.00. The van der Waals surface area contributed by atoms with E-state index in [0.29, 0.717) is 6.42 Å². The van der Waals surface area contributed by atoms with Crippen LogP contribution in [0.4, 0.5) is 0 Å². The predicted octanol–water partition coefficient (Wildman–Crippen LogP) is 0.787. The van der Waals surface area contributed by atoms with Crippen molar-refractivity contribution in [2.75, 3.05) is 6.54 Å². The Balaban J connectivity index is 4.18. The van der Waals surface area contributed by atoms with Crippen molar-refractivity contribution in [3.05, 3.63) is 0 Å². The molecule has 0 saturated heterocycles. The summed E-state index contributed by atoms with van der Waals surface area (Å²) in [7, 11) is 0. The molecule has 0 aromatic carbocycles. The van der Waals surface area contributed by atoms with Gasteiger partial charge in [-0.1, -0.05) is 20.8 Å². The minimum absolute atomic E-state index is 0.0583. The number of guanidine groups is 1. The standard InChI is InChI=1S/C10H21N3O2/c1-10(2,3)5-4-7(8(14)15)6-13-9(11)12/h7H,4-6H2,1-3H3,(H,14,15)(H4,11,12,13). The molecule has 5 nitrogen and oxygen atoms in total. The Hall–Kier alpha value is -1.26. The van der Waals surface area contributed by atoms with E-state index in [1.807, 2.05) is 0 Å². The Kier molecular flexibility index (Phi) is 5.11. The molecule has 0 aromatic rings. The van der Waals surface area contributed by atoms with Gasteiger partial charge in [-0.3, -0.25) is 9.79 Å². The van der Waals surface area contributed by atoms with Crippen molar-refractivity contribution in [1.29, 1.82) is 0 Å². The fourth-order valence-corrected chi connectivity index (χ4v) is 1.12. The highest BCUT2D eigenvalue weighted by molar-refractivity contribution is 5.76. The molecule has 0 amide bonds. The summed E-state index contributed by atoms with van der Waals surface area (Å²) in [6.45, 7) is 6.39. The summed E-state index contributed by atoms with van der Waals surface area (Å²) in [6, 6.07) is 0. The van der Waals surface area contributed by atoms with Crippen molar-refractivity contribution >= 4 is 11.9 Å². The number of carboxylic acid groups (broad SMARTS) is 1. The highest BCUT2D eigenvalue weighted by Crippen LogP contribution is 2.23. The zero-order valence-electron chi connectivity index (χ0n) is 9.66. The van der Waals surface area contributed by atoms with Gasteiger partial charge in [-0.25, -0.2) is 0 Å². The molecular formula is C10H21N3O2. The van der Waals surface area contributed by atoms with Gasteiger partial charge < -0.3 is 16.6 Å². The molecule has 0 fully saturated rings. The van der Waals surface area contributed by atoms with Crippen molar-refractivity contribution in [1.82, 2.24) is 0 Å². The van der Waals surface area contributed by atoms with E-state index in [2.05, 4.69) is 25.8 Å². The van der Waals surface area contributed by atoms with Gasteiger partial charge in [0.05, 0.1) is 12.5 Å². The minimum Gasteiger partial charge on any atom is -0.481 e. The number of nitrogens with zero attached hydrogens (tertiary/aromatic N) is 1. The van der Waals surface area contributed by atoms with Gasteiger partial charge in [-0.2, -0.15) is 0 Å². The van der Waals surface area contributed by atoms with Crippen LogP contribution in [0, 0.1) is 11.3 Å². The number of hydrogen-bond donors (Lipinski definition) is 3. The summed E-state index contributed by atoms with van der Waals surface area (Å²) in [4.78, 5) is 14.6. The largest absolute Gasteiger partial charge is 0.481 e. The van der Waals surface area contributed by atoms with Crippen molar-refractivity contribution in [3.63, 3.8) is 0 Å². The van der Waals surface area contributed by atoms with E-state index in [0.717, 1.165) is 6.42 Å². The SMILES string of the molecule is CC(C)(C)CCC(CN=C(N)N)C(=O)O. The predicted molar refractivity (Wildman–Crippen MR) is 60.5 cm³/mol. The monoisotopic (exact) mass is 215 g/mol. The first kappa shape index (κ1) is 13.7. The highest BCUT2D eigenvalue weighted by Gasteiger charge is 2.20. The maximum atomic E-state index is 10.9. The summed E-state index contributed by atoms with van der Waals surface area (Å²) >= 11 is 0. The molecule has 0 spiro atoms. The molecule has 0 bridgehead atoms. The second-order valence-electron chi connectivity index (χ2n) is 4.90. The third-order valence-electron chi connectivity index (χ3n) is 2.09. The van der Waals surface area contributed by atoms with Crippen molar-refractivity contribution in [2.24, 2.45) is 27.8 Å². The van der Waals surface area contributed by atoms with Crippen LogP contribution < -0.4 is 11.5 Å². The summed E-state index contributed by atoms with van der Waals surface area (Å²) in [5, 5.41) is 8.93. The number of aliphatic carboxylic acids is 1. The van der Waals surface area contributed by atoms with E-state index in [4.69, 9.17) is 16.6 Å². The first-order valence-corrected chi connectivity index (χ1v) is 5.00. The molecule has 1 atom stereocenters. The average molecular weight is 215 g/mol. The van der Waals surface area contributed by atoms with Gasteiger partial charge in [0.25, 0.3) is 0 Å². The molecule has 5 N–H and O–H groups in total. The van der Waals surface area contributed by atoms with Crippen LogP contribution in [0.1, 0.15) is 33.6 Å². The zero-order valence-corrected chi connectivity index (χ0v) is 9.66. The van der Waals surface area contributed by atoms with Crippen LogP contribution in [0.15, 0.2) is 4.99 Å². The van der Waals surface area contributed by atoms with Crippen LogP contribution in [-0.2, 0) is 4.79 Å². The van der Waals surface area contributed by atoms with E-state index < -0.39 is 11.9 Å². The number of carbonyl (C=O) groups is 1. The minimum atomic E-state index is -0.843. The van der Waals surface area contributed by atoms with Gasteiger partial charge in [-0.05, 0) is 18.3 Å². The lowest BCUT2D eigenvalue weighted by molar-refractivity contribution is -0.141. The lowest BCUT2D eigenvalue weighted by Crippen LogP contribution is -2.26. The molecule has 0 saturated carbocycles. The quantitative estimate of drug-likeness (QED) is 0.466. The number of aliphatic imine (C=N–C) groups is 1. The van der Waals surface area contributed by atoms with Crippen LogP contribution in [0.3, 0.4) is 0 Å². The molecule has 0 radical (unpaired) electrons. The van der Waals surface area contributed by atoms with E-state index >= 15 is 0 Å². The Morgan fingerprint density at radius 2 is 1.93 bits per heavy atom. The zero-order chi connectivity index (χ0) is 12.1. The first-order chi connectivity index (χ1) is 6.72. The Bertz CT molecular complexity index is 240. The van der Waals surface area contributed by atoms with Crippen LogP contribution >= 0.6 is 0 Å². The topological polar surface area (TPSA) is 102 Å². The number of nitrogens with two attached hydrogens (primary N) is 2. The van der Waals surface area contributed by atoms with E-state index in [1.165, 1.54) is 0 Å². The lowest BCUT2D eigenvalue weighted by atomic mass is 9.87. The smallest absolute Gasteiger partial charge is 0.308 e. The van der Waals surface area contributed by atoms with Gasteiger partial charge in [0.15, 0.2) is 5.96 Å². The summed E-state index contributed by atoms with van der Waals surface area (Å²) in [6.07, 6.45) is 1.43. The van der Waals surface area contributed by atoms with E-state index in [-0.39, 0.29) is 17.9 Å². The van der Waals surface area contributed by atoms with Crippen molar-refractivity contribution < 1.29 is 9.90 Å². The second-order valence-corrected chi connectivity index (χ2v) is 4.90. The molecule has 88 valence electrons. The molecule has 0 aliphatic carbocycles. The van der Waals surface area contributed by atoms with Crippen molar-refractivity contribution in [3.8, 4) is 0 Å². The van der Waals surface area contributed by atoms with Gasteiger partial charge in [0, 0.05) is 0 Å². The molecular weight excluding hydrogens is 194 g/mol. The molecule has 0 aliphatic rings. The number of hydrogen-bond acceptors (Lipinski definition) is 2. The van der Waals surface area contributed by atoms with E-state index in [1.54, 1.807) is 0 Å². The maximum absolute atomic E-state index is 10.9.